The Labute approximate surface area is 257 Å². The molecule has 0 aliphatic carbocycles. The van der Waals surface area contributed by atoms with Gasteiger partial charge in [-0.15, -0.1) is 0 Å². The van der Waals surface area contributed by atoms with Gasteiger partial charge in [-0.1, -0.05) is 104 Å². The molecule has 4 heteroatoms. The molecule has 40 heavy (non-hydrogen) atoms. The van der Waals surface area contributed by atoms with Crippen LogP contribution in [0.25, 0.3) is 0 Å². The third kappa shape index (κ3) is 16.4. The Kier molecular flexibility index (Phi) is 20.6. The predicted octanol–water partition coefficient (Wildman–Crippen LogP) is 11.4. The summed E-state index contributed by atoms with van der Waals surface area (Å²) in [7, 11) is 0. The van der Waals surface area contributed by atoms with Gasteiger partial charge in [0.25, 0.3) is 0 Å². The van der Waals surface area contributed by atoms with Gasteiger partial charge >= 0.3 is 0 Å². The summed E-state index contributed by atoms with van der Waals surface area (Å²) < 4.78 is 4.34. The quantitative estimate of drug-likeness (QED) is 0.0616. The van der Waals surface area contributed by atoms with Gasteiger partial charge in [0.05, 0.1) is 0 Å². The predicted molar refractivity (Wildman–Crippen MR) is 174 cm³/mol. The molecule has 0 saturated carbocycles. The molecular formula is C36H60Cl2N2+2. The monoisotopic (exact) mass is 590 g/mol. The van der Waals surface area contributed by atoms with Crippen LogP contribution in [0.15, 0.2) is 49.1 Å². The van der Waals surface area contributed by atoms with Crippen molar-refractivity contribution < 1.29 is 9.13 Å². The normalized spacial score (nSPS) is 13.0. The number of aryl methyl sites for hydroxylation is 2. The zero-order valence-corrected chi connectivity index (χ0v) is 27.5. The number of halogens is 2. The fraction of sp³-hybridized carbons (Fsp3) is 0.722. The van der Waals surface area contributed by atoms with Crippen LogP contribution in [0.4, 0.5) is 0 Å². The van der Waals surface area contributed by atoms with Crippen molar-refractivity contribution in [1.82, 2.24) is 0 Å². The van der Waals surface area contributed by atoms with E-state index in [1.165, 1.54) is 140 Å². The van der Waals surface area contributed by atoms with Gasteiger partial charge in [0.2, 0.25) is 11.0 Å². The summed E-state index contributed by atoms with van der Waals surface area (Å²) in [4.78, 5) is 0. The van der Waals surface area contributed by atoms with Crippen LogP contribution in [0.2, 0.25) is 0 Å². The maximum Gasteiger partial charge on any atom is 0.232 e. The molecule has 2 atom stereocenters. The Balaban J connectivity index is 1.37. The summed E-state index contributed by atoms with van der Waals surface area (Å²) in [5.41, 5.74) is 3.04. The molecule has 2 nitrogen and oxygen atoms in total. The molecule has 0 amide bonds. The van der Waals surface area contributed by atoms with E-state index in [-0.39, 0.29) is 11.0 Å². The number of rotatable bonds is 25. The molecule has 0 spiro atoms. The van der Waals surface area contributed by atoms with Gasteiger partial charge in [0, 0.05) is 37.1 Å². The van der Waals surface area contributed by atoms with Crippen LogP contribution < -0.4 is 9.13 Å². The van der Waals surface area contributed by atoms with Gasteiger partial charge in [-0.2, -0.15) is 9.13 Å². The van der Waals surface area contributed by atoms with Crippen LogP contribution >= 0.6 is 23.2 Å². The van der Waals surface area contributed by atoms with Crippen molar-refractivity contribution >= 4 is 23.2 Å². The third-order valence-electron chi connectivity index (χ3n) is 8.26. The Morgan fingerprint density at radius 1 is 0.450 bits per heavy atom. The van der Waals surface area contributed by atoms with Gasteiger partial charge in [-0.05, 0) is 72.9 Å². The standard InChI is InChI=1S/C36H60Cl2N2/c1-3-5-17-21-33-25-29-39(30-26-33)35(37)23-19-15-13-11-9-7-8-10-12-14-16-20-24-36(38)40-31-27-34(28-32-40)22-18-6-4-2/h25-32,35-36H,3-24H2,1-2H3/q+2. The zero-order valence-electron chi connectivity index (χ0n) is 26.0. The SMILES string of the molecule is CCCCCc1cc[n+](C(Cl)CCCCCCCCCCCCCCC(Cl)[n+]2ccc(CCCCC)cc2)cc1. The van der Waals surface area contributed by atoms with E-state index in [1.54, 1.807) is 0 Å². The maximum absolute atomic E-state index is 6.65. The van der Waals surface area contributed by atoms with Crippen molar-refractivity contribution in [1.29, 1.82) is 0 Å². The number of aromatic nitrogens is 2. The second-order valence-corrected chi connectivity index (χ2v) is 12.9. The van der Waals surface area contributed by atoms with Crippen molar-refractivity contribution in [2.45, 2.75) is 166 Å². The number of hydrogen-bond acceptors (Lipinski definition) is 0. The largest absolute Gasteiger partial charge is 0.232 e. The number of hydrogen-bond donors (Lipinski definition) is 0. The molecule has 2 unspecified atom stereocenters. The molecule has 0 fully saturated rings. The molecule has 0 aliphatic rings. The molecule has 0 N–H and O–H groups in total. The molecule has 0 bridgehead atoms. The summed E-state index contributed by atoms with van der Waals surface area (Å²) >= 11 is 13.3. The minimum Gasteiger partial charge on any atom is -0.188 e. The van der Waals surface area contributed by atoms with Gasteiger partial charge in [-0.25, -0.2) is 0 Å². The first-order valence-corrected chi connectivity index (χ1v) is 17.8. The van der Waals surface area contributed by atoms with E-state index in [1.807, 2.05) is 0 Å². The summed E-state index contributed by atoms with van der Waals surface area (Å²) in [6, 6.07) is 8.98. The Hall–Kier alpha value is -1.12. The Morgan fingerprint density at radius 2 is 0.750 bits per heavy atom. The molecule has 0 aromatic carbocycles. The molecule has 226 valence electrons. The number of pyridine rings is 2. The number of alkyl halides is 2. The van der Waals surface area contributed by atoms with Crippen LogP contribution in [0.1, 0.15) is 164 Å². The second kappa shape index (κ2) is 23.4. The average Bonchev–Trinajstić information content (AvgIpc) is 2.98. The Morgan fingerprint density at radius 3 is 1.05 bits per heavy atom. The third-order valence-corrected chi connectivity index (χ3v) is 9.15. The van der Waals surface area contributed by atoms with Crippen LogP contribution in [0.3, 0.4) is 0 Å². The Bertz CT molecular complexity index is 765. The minimum atomic E-state index is 0.0884. The van der Waals surface area contributed by atoms with E-state index in [2.05, 4.69) is 72.0 Å². The molecular weight excluding hydrogens is 531 g/mol. The van der Waals surface area contributed by atoms with E-state index in [0.29, 0.717) is 0 Å². The van der Waals surface area contributed by atoms with E-state index < -0.39 is 0 Å². The van der Waals surface area contributed by atoms with Gasteiger partial charge in [-0.3, -0.25) is 0 Å². The highest BCUT2D eigenvalue weighted by atomic mass is 35.5. The molecule has 2 heterocycles. The van der Waals surface area contributed by atoms with Crippen LogP contribution in [0.5, 0.6) is 0 Å². The lowest BCUT2D eigenvalue weighted by Gasteiger charge is -2.07. The van der Waals surface area contributed by atoms with E-state index in [4.69, 9.17) is 23.2 Å². The van der Waals surface area contributed by atoms with Crippen molar-refractivity contribution in [3.8, 4) is 0 Å². The highest BCUT2D eigenvalue weighted by Crippen LogP contribution is 2.19. The first-order chi connectivity index (χ1) is 19.6. The van der Waals surface area contributed by atoms with E-state index >= 15 is 0 Å². The molecule has 2 aromatic rings. The van der Waals surface area contributed by atoms with Gasteiger partial charge < -0.3 is 0 Å². The lowest BCUT2D eigenvalue weighted by atomic mass is 10.0. The summed E-state index contributed by atoms with van der Waals surface area (Å²) in [5.74, 6) is 0. The fourth-order valence-corrected chi connectivity index (χ4v) is 6.06. The lowest BCUT2D eigenvalue weighted by Crippen LogP contribution is -2.35. The molecule has 0 radical (unpaired) electrons. The maximum atomic E-state index is 6.65. The van der Waals surface area contributed by atoms with Crippen molar-refractivity contribution in [3.05, 3.63) is 60.2 Å². The summed E-state index contributed by atoms with van der Waals surface area (Å²) in [5, 5.41) is 0. The number of unbranched alkanes of at least 4 members (excludes halogenated alkanes) is 15. The van der Waals surface area contributed by atoms with Crippen molar-refractivity contribution in [2.24, 2.45) is 0 Å². The molecule has 0 saturated heterocycles. The van der Waals surface area contributed by atoms with Crippen molar-refractivity contribution in [3.63, 3.8) is 0 Å². The minimum absolute atomic E-state index is 0.0884. The topological polar surface area (TPSA) is 7.76 Å². The molecule has 2 rings (SSSR count). The van der Waals surface area contributed by atoms with Crippen LogP contribution in [-0.4, -0.2) is 0 Å². The molecule has 0 aliphatic heterocycles. The fourth-order valence-electron chi connectivity index (χ4n) is 5.49. The smallest absolute Gasteiger partial charge is 0.188 e. The zero-order chi connectivity index (χ0) is 28.7. The highest BCUT2D eigenvalue weighted by molar-refractivity contribution is 6.18. The first kappa shape index (κ1) is 35.1. The van der Waals surface area contributed by atoms with Crippen LogP contribution in [-0.2, 0) is 12.8 Å². The number of nitrogens with zero attached hydrogens (tertiary/aromatic N) is 2. The van der Waals surface area contributed by atoms with Crippen molar-refractivity contribution in [2.75, 3.05) is 0 Å². The van der Waals surface area contributed by atoms with Crippen LogP contribution in [0, 0.1) is 0 Å². The van der Waals surface area contributed by atoms with Gasteiger partial charge in [0.15, 0.2) is 24.8 Å². The second-order valence-electron chi connectivity index (χ2n) is 11.9. The first-order valence-electron chi connectivity index (χ1n) is 16.9. The summed E-state index contributed by atoms with van der Waals surface area (Å²) in [6.07, 6.45) is 37.0. The average molecular weight is 592 g/mol. The molecule has 2 aromatic heterocycles. The lowest BCUT2D eigenvalue weighted by molar-refractivity contribution is -0.703. The summed E-state index contributed by atoms with van der Waals surface area (Å²) in [6.45, 7) is 4.52. The highest BCUT2D eigenvalue weighted by Gasteiger charge is 2.15. The van der Waals surface area contributed by atoms with Gasteiger partial charge in [0.1, 0.15) is 0 Å². The van der Waals surface area contributed by atoms with E-state index in [0.717, 1.165) is 12.8 Å². The van der Waals surface area contributed by atoms with E-state index in [9.17, 15) is 0 Å².